The summed E-state index contributed by atoms with van der Waals surface area (Å²) < 4.78 is 16.8. The molecule has 2 saturated heterocycles. The number of rotatable bonds is 7. The Bertz CT molecular complexity index is 1370. The van der Waals surface area contributed by atoms with Crippen LogP contribution >= 0.6 is 0 Å². The number of nitrogens with one attached hydrogen (secondary N) is 1. The summed E-state index contributed by atoms with van der Waals surface area (Å²) >= 11 is 0. The zero-order chi connectivity index (χ0) is 29.0. The highest BCUT2D eigenvalue weighted by Crippen LogP contribution is 2.39. The Morgan fingerprint density at radius 2 is 1.37 bits per heavy atom. The van der Waals surface area contributed by atoms with Crippen molar-refractivity contribution in [2.24, 2.45) is 0 Å². The molecule has 1 spiro atoms. The van der Waals surface area contributed by atoms with Gasteiger partial charge in [0.2, 0.25) is 5.91 Å². The Morgan fingerprint density at radius 3 is 1.90 bits per heavy atom. The number of benzene rings is 3. The quantitative estimate of drug-likeness (QED) is 0.471. The smallest absolute Gasteiger partial charge is 0.256 e. The average molecular weight is 558 g/mol. The van der Waals surface area contributed by atoms with E-state index in [1.54, 1.807) is 72.6 Å². The third kappa shape index (κ3) is 5.76. The molecule has 9 nitrogen and oxygen atoms in total. The van der Waals surface area contributed by atoms with E-state index < -0.39 is 11.8 Å². The van der Waals surface area contributed by atoms with E-state index in [1.807, 2.05) is 37.3 Å². The van der Waals surface area contributed by atoms with Crippen molar-refractivity contribution in [2.75, 3.05) is 33.9 Å². The monoisotopic (exact) mass is 557 g/mol. The molecule has 0 saturated carbocycles. The van der Waals surface area contributed by atoms with Gasteiger partial charge in [-0.05, 0) is 61.0 Å². The van der Waals surface area contributed by atoms with Crippen molar-refractivity contribution in [3.63, 3.8) is 0 Å². The molecule has 0 aromatic heterocycles. The van der Waals surface area contributed by atoms with E-state index in [4.69, 9.17) is 14.2 Å². The van der Waals surface area contributed by atoms with Crippen LogP contribution in [0.15, 0.2) is 78.9 Å². The van der Waals surface area contributed by atoms with Gasteiger partial charge >= 0.3 is 0 Å². The maximum Gasteiger partial charge on any atom is 0.256 e. The Morgan fingerprint density at radius 1 is 0.829 bits per heavy atom. The summed E-state index contributed by atoms with van der Waals surface area (Å²) in [6.45, 7) is 2.75. The van der Waals surface area contributed by atoms with Crippen molar-refractivity contribution in [3.05, 3.63) is 95.6 Å². The van der Waals surface area contributed by atoms with Crippen LogP contribution in [-0.2, 0) is 9.53 Å². The molecule has 41 heavy (non-hydrogen) atoms. The lowest BCUT2D eigenvalue weighted by atomic mass is 9.96. The lowest BCUT2D eigenvalue weighted by Crippen LogP contribution is -2.60. The number of carbonyl (C=O) groups is 3. The average Bonchev–Trinajstić information content (AvgIpc) is 3.39. The number of hydrogen-bond donors (Lipinski definition) is 1. The van der Waals surface area contributed by atoms with E-state index in [9.17, 15) is 14.4 Å². The fraction of sp³-hybridized carbons (Fsp3) is 0.344. The lowest BCUT2D eigenvalue weighted by Gasteiger charge is -2.44. The first-order chi connectivity index (χ1) is 19.8. The Labute approximate surface area is 240 Å². The molecule has 2 aliphatic rings. The topological polar surface area (TPSA) is 97.4 Å². The number of ether oxygens (including phenoxy) is 3. The number of amides is 3. The van der Waals surface area contributed by atoms with Crippen molar-refractivity contribution in [2.45, 2.75) is 37.6 Å². The molecule has 0 unspecified atom stereocenters. The molecule has 9 heteroatoms. The summed E-state index contributed by atoms with van der Waals surface area (Å²) in [5, 5.41) is 3.06. The first kappa shape index (κ1) is 28.2. The van der Waals surface area contributed by atoms with Crippen LogP contribution in [0.5, 0.6) is 11.5 Å². The highest BCUT2D eigenvalue weighted by molar-refractivity contribution is 5.99. The number of carbonyl (C=O) groups excluding carboxylic acids is 3. The van der Waals surface area contributed by atoms with E-state index in [0.717, 1.165) is 5.56 Å². The molecule has 2 heterocycles. The Kier molecular flexibility index (Phi) is 8.26. The van der Waals surface area contributed by atoms with Gasteiger partial charge in [0.15, 0.2) is 0 Å². The number of piperidine rings is 1. The molecule has 1 N–H and O–H groups in total. The summed E-state index contributed by atoms with van der Waals surface area (Å²) in [5.74, 6) is 0.631. The predicted octanol–water partition coefficient (Wildman–Crippen LogP) is 4.05. The van der Waals surface area contributed by atoms with Gasteiger partial charge in [-0.15, -0.1) is 0 Å². The fourth-order valence-corrected chi connectivity index (χ4v) is 5.55. The third-order valence-electron chi connectivity index (χ3n) is 7.95. The van der Waals surface area contributed by atoms with Gasteiger partial charge in [0, 0.05) is 37.1 Å². The van der Waals surface area contributed by atoms with Crippen molar-refractivity contribution in [3.8, 4) is 11.5 Å². The molecule has 5 rings (SSSR count). The SMILES string of the molecule is COc1ccc(C(=O)N2CCC3(CC2)OC[C@@H](C(=O)N[C@@H](C)c2ccccc2)N3C(=O)c2ccc(OC)cc2)cc1. The van der Waals surface area contributed by atoms with E-state index in [0.29, 0.717) is 48.6 Å². The molecule has 3 aromatic carbocycles. The Hall–Kier alpha value is -4.37. The van der Waals surface area contributed by atoms with Gasteiger partial charge in [0.1, 0.15) is 23.3 Å². The van der Waals surface area contributed by atoms with Crippen LogP contribution in [0.2, 0.25) is 0 Å². The second kappa shape index (κ2) is 12.0. The van der Waals surface area contributed by atoms with Crippen LogP contribution < -0.4 is 14.8 Å². The third-order valence-corrected chi connectivity index (χ3v) is 7.95. The van der Waals surface area contributed by atoms with Gasteiger partial charge in [-0.25, -0.2) is 0 Å². The van der Waals surface area contributed by atoms with Crippen LogP contribution in [0.1, 0.15) is 52.1 Å². The van der Waals surface area contributed by atoms with E-state index in [2.05, 4.69) is 5.32 Å². The van der Waals surface area contributed by atoms with Crippen LogP contribution in [0.25, 0.3) is 0 Å². The standard InChI is InChI=1S/C32H35N3O6/c1-22(23-7-5-4-6-8-23)33-29(36)28-21-41-32(35(28)31(38)25-11-15-27(40-3)16-12-25)17-19-34(20-18-32)30(37)24-9-13-26(39-2)14-10-24/h4-16,22,28H,17-21H2,1-3H3,(H,33,36)/t22-,28-/m0/s1. The molecule has 2 aliphatic heterocycles. The number of hydrogen-bond acceptors (Lipinski definition) is 6. The summed E-state index contributed by atoms with van der Waals surface area (Å²) in [7, 11) is 3.15. The van der Waals surface area contributed by atoms with Crippen LogP contribution in [0.4, 0.5) is 0 Å². The Balaban J connectivity index is 1.37. The van der Waals surface area contributed by atoms with Gasteiger partial charge in [-0.2, -0.15) is 0 Å². The predicted molar refractivity (Wildman–Crippen MR) is 153 cm³/mol. The fourth-order valence-electron chi connectivity index (χ4n) is 5.55. The minimum Gasteiger partial charge on any atom is -0.497 e. The van der Waals surface area contributed by atoms with Crippen LogP contribution in [0.3, 0.4) is 0 Å². The molecule has 2 atom stereocenters. The van der Waals surface area contributed by atoms with Crippen LogP contribution in [-0.4, -0.2) is 73.2 Å². The molecule has 0 bridgehead atoms. The normalized spacial score (nSPS) is 18.6. The van der Waals surface area contributed by atoms with Crippen molar-refractivity contribution in [1.82, 2.24) is 15.1 Å². The maximum absolute atomic E-state index is 14.0. The summed E-state index contributed by atoms with van der Waals surface area (Å²) in [6.07, 6.45) is 0.767. The molecular formula is C32H35N3O6. The van der Waals surface area contributed by atoms with Crippen molar-refractivity contribution >= 4 is 17.7 Å². The molecule has 0 aliphatic carbocycles. The zero-order valence-electron chi connectivity index (χ0n) is 23.5. The second-order valence-corrected chi connectivity index (χ2v) is 10.3. The van der Waals surface area contributed by atoms with E-state index in [-0.39, 0.29) is 30.4 Å². The van der Waals surface area contributed by atoms with Crippen molar-refractivity contribution < 1.29 is 28.6 Å². The highest BCUT2D eigenvalue weighted by atomic mass is 16.5. The van der Waals surface area contributed by atoms with Gasteiger partial charge in [0.05, 0.1) is 26.9 Å². The van der Waals surface area contributed by atoms with E-state index in [1.165, 1.54) is 0 Å². The maximum atomic E-state index is 14.0. The van der Waals surface area contributed by atoms with Gasteiger partial charge in [-0.3, -0.25) is 19.3 Å². The zero-order valence-corrected chi connectivity index (χ0v) is 23.5. The molecule has 0 radical (unpaired) electrons. The lowest BCUT2D eigenvalue weighted by molar-refractivity contribution is -0.128. The highest BCUT2D eigenvalue weighted by Gasteiger charge is 2.54. The van der Waals surface area contributed by atoms with Crippen LogP contribution in [0, 0.1) is 0 Å². The molecule has 3 aromatic rings. The first-order valence-corrected chi connectivity index (χ1v) is 13.8. The number of methoxy groups -OCH3 is 2. The molecule has 214 valence electrons. The molecule has 3 amide bonds. The molecular weight excluding hydrogens is 522 g/mol. The number of nitrogens with zero attached hydrogens (tertiary/aromatic N) is 2. The largest absolute Gasteiger partial charge is 0.497 e. The summed E-state index contributed by atoms with van der Waals surface area (Å²) in [4.78, 5) is 44.2. The van der Waals surface area contributed by atoms with E-state index >= 15 is 0 Å². The van der Waals surface area contributed by atoms with Gasteiger partial charge in [-0.1, -0.05) is 30.3 Å². The minimum absolute atomic E-state index is 0.0711. The van der Waals surface area contributed by atoms with Gasteiger partial charge < -0.3 is 24.4 Å². The van der Waals surface area contributed by atoms with Crippen molar-refractivity contribution in [1.29, 1.82) is 0 Å². The minimum atomic E-state index is -1.01. The summed E-state index contributed by atoms with van der Waals surface area (Å²) in [6, 6.07) is 22.4. The first-order valence-electron chi connectivity index (χ1n) is 13.8. The molecule has 2 fully saturated rings. The van der Waals surface area contributed by atoms with Gasteiger partial charge in [0.25, 0.3) is 11.8 Å². The second-order valence-electron chi connectivity index (χ2n) is 10.3. The number of likely N-dealkylation sites (tertiary alicyclic amines) is 1. The summed E-state index contributed by atoms with van der Waals surface area (Å²) in [5.41, 5.74) is 0.952.